The minimum Gasteiger partial charge on any atom is -0.468 e. The molecule has 1 aromatic carbocycles. The molecule has 1 amide bonds. The van der Waals surface area contributed by atoms with Gasteiger partial charge < -0.3 is 14.2 Å². The van der Waals surface area contributed by atoms with Crippen molar-refractivity contribution in [2.24, 2.45) is 0 Å². The van der Waals surface area contributed by atoms with E-state index in [1.807, 2.05) is 53.4 Å². The second-order valence-electron chi connectivity index (χ2n) is 6.63. The summed E-state index contributed by atoms with van der Waals surface area (Å²) >= 11 is 0. The third kappa shape index (κ3) is 5.10. The molecule has 0 atom stereocenters. The first-order chi connectivity index (χ1) is 12.6. The van der Waals surface area contributed by atoms with Crippen molar-refractivity contribution in [1.82, 2.24) is 4.90 Å². The number of amides is 1. The van der Waals surface area contributed by atoms with Crippen LogP contribution in [0.2, 0.25) is 0 Å². The Kier molecular flexibility index (Phi) is 5.92. The molecule has 0 fully saturated rings. The van der Waals surface area contributed by atoms with Crippen LogP contribution in [0.25, 0.3) is 0 Å². The van der Waals surface area contributed by atoms with Gasteiger partial charge in [0, 0.05) is 5.69 Å². The van der Waals surface area contributed by atoms with Crippen molar-refractivity contribution in [1.29, 1.82) is 0 Å². The molecular weight excluding hydrogens is 328 g/mol. The molecule has 0 unspecified atom stereocenters. The van der Waals surface area contributed by atoms with Crippen LogP contribution in [-0.2, 0) is 17.9 Å². The quantitative estimate of drug-likeness (QED) is 0.642. The summed E-state index contributed by atoms with van der Waals surface area (Å²) in [5.41, 5.74) is 2.05. The number of nitrogens with one attached hydrogen (secondary N) is 1. The molecule has 0 aliphatic carbocycles. The molecule has 0 spiro atoms. The minimum absolute atomic E-state index is 0.0691. The lowest BCUT2D eigenvalue weighted by Crippen LogP contribution is -2.32. The van der Waals surface area contributed by atoms with Crippen LogP contribution in [0.5, 0.6) is 0 Å². The Balaban J connectivity index is 1.62. The third-order valence-electron chi connectivity index (χ3n) is 4.15. The fraction of sp³-hybridized carbons (Fsp3) is 0.286. The van der Waals surface area contributed by atoms with Crippen LogP contribution in [0.15, 0.2) is 69.9 Å². The van der Waals surface area contributed by atoms with E-state index in [2.05, 4.69) is 19.2 Å². The summed E-state index contributed by atoms with van der Waals surface area (Å²) < 4.78 is 10.8. The van der Waals surface area contributed by atoms with Gasteiger partial charge in [-0.1, -0.05) is 26.0 Å². The normalized spacial score (nSPS) is 11.2. The Labute approximate surface area is 153 Å². The molecular formula is C21H24N2O3. The third-order valence-corrected chi connectivity index (χ3v) is 4.15. The van der Waals surface area contributed by atoms with Gasteiger partial charge in [0.15, 0.2) is 0 Å². The second kappa shape index (κ2) is 8.54. The van der Waals surface area contributed by atoms with Gasteiger partial charge in [-0.05, 0) is 47.9 Å². The average Bonchev–Trinajstić information content (AvgIpc) is 3.29. The Bertz CT molecular complexity index is 754. The topological polar surface area (TPSA) is 58.6 Å². The molecule has 0 bridgehead atoms. The first kappa shape index (κ1) is 18.0. The lowest BCUT2D eigenvalue weighted by molar-refractivity contribution is -0.117. The molecule has 0 saturated carbocycles. The van der Waals surface area contributed by atoms with Gasteiger partial charge in [-0.2, -0.15) is 0 Å². The second-order valence-corrected chi connectivity index (χ2v) is 6.63. The Morgan fingerprint density at radius 2 is 1.54 bits per heavy atom. The zero-order valence-electron chi connectivity index (χ0n) is 15.1. The fourth-order valence-electron chi connectivity index (χ4n) is 2.77. The van der Waals surface area contributed by atoms with E-state index in [1.165, 1.54) is 5.56 Å². The van der Waals surface area contributed by atoms with E-state index >= 15 is 0 Å². The summed E-state index contributed by atoms with van der Waals surface area (Å²) in [5, 5.41) is 2.96. The largest absolute Gasteiger partial charge is 0.468 e. The number of rotatable bonds is 8. The van der Waals surface area contributed by atoms with E-state index in [0.717, 1.165) is 17.2 Å². The number of carbonyl (C=O) groups is 1. The van der Waals surface area contributed by atoms with E-state index in [-0.39, 0.29) is 12.5 Å². The summed E-state index contributed by atoms with van der Waals surface area (Å²) in [5.74, 6) is 2.02. The van der Waals surface area contributed by atoms with Gasteiger partial charge in [0.1, 0.15) is 11.5 Å². The van der Waals surface area contributed by atoms with E-state index in [0.29, 0.717) is 19.0 Å². The molecule has 2 heterocycles. The van der Waals surface area contributed by atoms with Crippen molar-refractivity contribution < 1.29 is 13.6 Å². The highest BCUT2D eigenvalue weighted by molar-refractivity contribution is 5.92. The summed E-state index contributed by atoms with van der Waals surface area (Å²) in [6.07, 6.45) is 3.27. The van der Waals surface area contributed by atoms with Crippen molar-refractivity contribution in [3.05, 3.63) is 78.1 Å². The van der Waals surface area contributed by atoms with Crippen molar-refractivity contribution in [2.45, 2.75) is 32.9 Å². The average molecular weight is 352 g/mol. The van der Waals surface area contributed by atoms with Gasteiger partial charge >= 0.3 is 0 Å². The molecule has 136 valence electrons. The number of nitrogens with zero attached hydrogens (tertiary/aromatic N) is 1. The molecule has 26 heavy (non-hydrogen) atoms. The highest BCUT2D eigenvalue weighted by Crippen LogP contribution is 2.17. The molecule has 0 saturated heterocycles. The number of benzene rings is 1. The summed E-state index contributed by atoms with van der Waals surface area (Å²) in [6, 6.07) is 15.5. The number of furan rings is 2. The van der Waals surface area contributed by atoms with E-state index in [9.17, 15) is 4.79 Å². The fourth-order valence-corrected chi connectivity index (χ4v) is 2.77. The molecule has 5 heteroatoms. The van der Waals surface area contributed by atoms with Gasteiger partial charge in [0.2, 0.25) is 5.91 Å². The number of hydrogen-bond acceptors (Lipinski definition) is 4. The van der Waals surface area contributed by atoms with Crippen LogP contribution in [0.1, 0.15) is 36.8 Å². The van der Waals surface area contributed by atoms with Crippen molar-refractivity contribution in [2.75, 3.05) is 11.9 Å². The zero-order valence-corrected chi connectivity index (χ0v) is 15.1. The first-order valence-electron chi connectivity index (χ1n) is 8.77. The summed E-state index contributed by atoms with van der Waals surface area (Å²) in [4.78, 5) is 14.5. The standard InChI is InChI=1S/C21H24N2O3/c1-16(2)17-7-9-18(10-8-17)22-21(24)15-23(13-19-5-3-11-25-19)14-20-6-4-12-26-20/h3-12,16H,13-15H2,1-2H3,(H,22,24). The predicted octanol–water partition coefficient (Wildman–Crippen LogP) is 4.64. The molecule has 3 rings (SSSR count). The van der Waals surface area contributed by atoms with E-state index in [1.54, 1.807) is 12.5 Å². The highest BCUT2D eigenvalue weighted by atomic mass is 16.3. The maximum Gasteiger partial charge on any atom is 0.238 e. The predicted molar refractivity (Wildman–Crippen MR) is 101 cm³/mol. The van der Waals surface area contributed by atoms with Crippen molar-refractivity contribution in [3.63, 3.8) is 0 Å². The Morgan fingerprint density at radius 1 is 0.962 bits per heavy atom. The van der Waals surface area contributed by atoms with Crippen LogP contribution >= 0.6 is 0 Å². The molecule has 0 radical (unpaired) electrons. The molecule has 0 aliphatic rings. The van der Waals surface area contributed by atoms with E-state index in [4.69, 9.17) is 8.83 Å². The zero-order chi connectivity index (χ0) is 18.4. The number of anilines is 1. The van der Waals surface area contributed by atoms with Crippen LogP contribution < -0.4 is 5.32 Å². The minimum atomic E-state index is -0.0691. The Hall–Kier alpha value is -2.79. The van der Waals surface area contributed by atoms with Crippen LogP contribution in [0.3, 0.4) is 0 Å². The van der Waals surface area contributed by atoms with Crippen molar-refractivity contribution >= 4 is 11.6 Å². The lowest BCUT2D eigenvalue weighted by Gasteiger charge is -2.19. The molecule has 1 N–H and O–H groups in total. The highest BCUT2D eigenvalue weighted by Gasteiger charge is 2.15. The molecule has 5 nitrogen and oxygen atoms in total. The number of carbonyl (C=O) groups excluding carboxylic acids is 1. The van der Waals surface area contributed by atoms with Crippen LogP contribution in [0, 0.1) is 0 Å². The van der Waals surface area contributed by atoms with Crippen LogP contribution in [-0.4, -0.2) is 17.4 Å². The van der Waals surface area contributed by atoms with Crippen LogP contribution in [0.4, 0.5) is 5.69 Å². The molecule has 2 aromatic heterocycles. The van der Waals surface area contributed by atoms with Gasteiger partial charge in [-0.15, -0.1) is 0 Å². The maximum absolute atomic E-state index is 12.5. The molecule has 0 aliphatic heterocycles. The van der Waals surface area contributed by atoms with Gasteiger partial charge in [-0.25, -0.2) is 0 Å². The van der Waals surface area contributed by atoms with Gasteiger partial charge in [0.25, 0.3) is 0 Å². The lowest BCUT2D eigenvalue weighted by atomic mass is 10.0. The first-order valence-corrected chi connectivity index (χ1v) is 8.77. The summed E-state index contributed by atoms with van der Waals surface area (Å²) in [7, 11) is 0. The van der Waals surface area contributed by atoms with Crippen molar-refractivity contribution in [3.8, 4) is 0 Å². The maximum atomic E-state index is 12.5. The Morgan fingerprint density at radius 3 is 2.00 bits per heavy atom. The summed E-state index contributed by atoms with van der Waals surface area (Å²) in [6.45, 7) is 5.61. The SMILES string of the molecule is CC(C)c1ccc(NC(=O)CN(Cc2ccco2)Cc2ccco2)cc1. The smallest absolute Gasteiger partial charge is 0.238 e. The van der Waals surface area contributed by atoms with Gasteiger partial charge in [0.05, 0.1) is 32.2 Å². The molecule has 3 aromatic rings. The number of hydrogen-bond donors (Lipinski definition) is 1. The monoisotopic (exact) mass is 352 g/mol. The van der Waals surface area contributed by atoms with Gasteiger partial charge in [-0.3, -0.25) is 9.69 Å². The van der Waals surface area contributed by atoms with E-state index < -0.39 is 0 Å².